The van der Waals surface area contributed by atoms with Gasteiger partial charge in [0.2, 0.25) is 0 Å². The van der Waals surface area contributed by atoms with Gasteiger partial charge in [0.05, 0.1) is 0 Å². The third-order valence-electron chi connectivity index (χ3n) is 5.54. The highest BCUT2D eigenvalue weighted by molar-refractivity contribution is 4.88. The second-order valence-electron chi connectivity index (χ2n) is 8.31. The Kier molecular flexibility index (Phi) is 6.55. The van der Waals surface area contributed by atoms with Crippen LogP contribution in [0.2, 0.25) is 0 Å². The predicted molar refractivity (Wildman–Crippen MR) is 92.6 cm³/mol. The molecule has 2 aliphatic carbocycles. The van der Waals surface area contributed by atoms with Crippen LogP contribution in [0.4, 0.5) is 0 Å². The molecule has 124 valence electrons. The first-order valence-corrected chi connectivity index (χ1v) is 9.50. The van der Waals surface area contributed by atoms with Crippen molar-refractivity contribution in [2.24, 2.45) is 23.2 Å². The number of hydrogen-bond donors (Lipinski definition) is 1. The summed E-state index contributed by atoms with van der Waals surface area (Å²) in [7, 11) is 0. The zero-order valence-corrected chi connectivity index (χ0v) is 15.0. The molecule has 2 fully saturated rings. The Morgan fingerprint density at radius 3 is 1.90 bits per heavy atom. The molecular formula is C19H38N2. The fraction of sp³-hybridized carbons (Fsp3) is 1.00. The van der Waals surface area contributed by atoms with Crippen LogP contribution >= 0.6 is 0 Å². The molecule has 0 radical (unpaired) electrons. The molecule has 0 atom stereocenters. The van der Waals surface area contributed by atoms with Gasteiger partial charge < -0.3 is 10.2 Å². The molecule has 0 spiro atoms. The SMILES string of the molecule is CCC(CC)(CNCC(C)C)CN(CC1CC1)CC1CC1. The Hall–Kier alpha value is -0.0800. The maximum atomic E-state index is 3.74. The van der Waals surface area contributed by atoms with E-state index in [0.29, 0.717) is 5.41 Å². The molecule has 0 heterocycles. The molecule has 2 aliphatic rings. The average Bonchev–Trinajstić information content (AvgIpc) is 3.33. The van der Waals surface area contributed by atoms with E-state index in [2.05, 4.69) is 37.9 Å². The lowest BCUT2D eigenvalue weighted by molar-refractivity contribution is 0.125. The lowest BCUT2D eigenvalue weighted by Crippen LogP contribution is -2.45. The Morgan fingerprint density at radius 2 is 1.52 bits per heavy atom. The minimum absolute atomic E-state index is 0.485. The van der Waals surface area contributed by atoms with Crippen molar-refractivity contribution < 1.29 is 0 Å². The van der Waals surface area contributed by atoms with Gasteiger partial charge in [0, 0.05) is 26.2 Å². The van der Waals surface area contributed by atoms with Crippen LogP contribution in [-0.2, 0) is 0 Å². The van der Waals surface area contributed by atoms with E-state index in [9.17, 15) is 0 Å². The predicted octanol–water partition coefficient (Wildman–Crippen LogP) is 4.16. The van der Waals surface area contributed by atoms with Crippen molar-refractivity contribution in [3.8, 4) is 0 Å². The highest BCUT2D eigenvalue weighted by Gasteiger charge is 2.34. The van der Waals surface area contributed by atoms with Crippen molar-refractivity contribution in [1.29, 1.82) is 0 Å². The number of nitrogens with zero attached hydrogens (tertiary/aromatic N) is 1. The highest BCUT2D eigenvalue weighted by atomic mass is 15.1. The van der Waals surface area contributed by atoms with E-state index in [1.165, 1.54) is 64.7 Å². The van der Waals surface area contributed by atoms with Crippen molar-refractivity contribution in [2.75, 3.05) is 32.7 Å². The largest absolute Gasteiger partial charge is 0.316 e. The molecule has 0 bridgehead atoms. The van der Waals surface area contributed by atoms with Crippen LogP contribution in [0.1, 0.15) is 66.2 Å². The summed E-state index contributed by atoms with van der Waals surface area (Å²) in [5.74, 6) is 2.81. The summed E-state index contributed by atoms with van der Waals surface area (Å²) in [5, 5.41) is 3.74. The van der Waals surface area contributed by atoms with E-state index in [1.807, 2.05) is 0 Å². The fourth-order valence-electron chi connectivity index (χ4n) is 3.41. The van der Waals surface area contributed by atoms with E-state index < -0.39 is 0 Å². The van der Waals surface area contributed by atoms with E-state index in [4.69, 9.17) is 0 Å². The minimum Gasteiger partial charge on any atom is -0.316 e. The van der Waals surface area contributed by atoms with E-state index in [1.54, 1.807) is 0 Å². The fourth-order valence-corrected chi connectivity index (χ4v) is 3.41. The smallest absolute Gasteiger partial charge is 0.00502 e. The molecule has 0 aromatic heterocycles. The quantitative estimate of drug-likeness (QED) is 0.581. The first kappa shape index (κ1) is 17.3. The molecule has 2 heteroatoms. The Labute approximate surface area is 133 Å². The van der Waals surface area contributed by atoms with Crippen LogP contribution in [0.3, 0.4) is 0 Å². The summed E-state index contributed by atoms with van der Waals surface area (Å²) in [6, 6.07) is 0. The Balaban J connectivity index is 1.86. The molecule has 1 N–H and O–H groups in total. The van der Waals surface area contributed by atoms with E-state index in [-0.39, 0.29) is 0 Å². The van der Waals surface area contributed by atoms with Gasteiger partial charge in [0.1, 0.15) is 0 Å². The molecule has 0 amide bonds. The third kappa shape index (κ3) is 6.28. The molecule has 0 aliphatic heterocycles. The van der Waals surface area contributed by atoms with Gasteiger partial charge in [-0.15, -0.1) is 0 Å². The van der Waals surface area contributed by atoms with Crippen LogP contribution in [0.15, 0.2) is 0 Å². The second-order valence-corrected chi connectivity index (χ2v) is 8.31. The molecule has 2 rings (SSSR count). The van der Waals surface area contributed by atoms with E-state index >= 15 is 0 Å². The monoisotopic (exact) mass is 294 g/mol. The van der Waals surface area contributed by atoms with Crippen LogP contribution in [-0.4, -0.2) is 37.6 Å². The Bertz CT molecular complexity index is 274. The average molecular weight is 295 g/mol. The first-order chi connectivity index (χ1) is 10.1. The lowest BCUT2D eigenvalue weighted by atomic mass is 9.81. The number of hydrogen-bond acceptors (Lipinski definition) is 2. The first-order valence-electron chi connectivity index (χ1n) is 9.50. The number of rotatable bonds is 12. The second kappa shape index (κ2) is 7.97. The van der Waals surface area contributed by atoms with Gasteiger partial charge in [0.25, 0.3) is 0 Å². The number of nitrogens with one attached hydrogen (secondary N) is 1. The summed E-state index contributed by atoms with van der Waals surface area (Å²) in [6.45, 7) is 15.8. The van der Waals surface area contributed by atoms with Gasteiger partial charge in [-0.05, 0) is 68.2 Å². The highest BCUT2D eigenvalue weighted by Crippen LogP contribution is 2.36. The van der Waals surface area contributed by atoms with Gasteiger partial charge in [-0.1, -0.05) is 27.7 Å². The van der Waals surface area contributed by atoms with Crippen molar-refractivity contribution >= 4 is 0 Å². The van der Waals surface area contributed by atoms with Crippen LogP contribution in [0, 0.1) is 23.2 Å². The molecule has 0 saturated heterocycles. The normalized spacial score (nSPS) is 19.7. The molecule has 2 nitrogen and oxygen atoms in total. The topological polar surface area (TPSA) is 15.3 Å². The Morgan fingerprint density at radius 1 is 1.00 bits per heavy atom. The standard InChI is InChI=1S/C19H38N2/c1-5-19(6-2,14-20-11-16(3)4)15-21(12-17-7-8-17)13-18-9-10-18/h16-18,20H,5-15H2,1-4H3. The molecule has 0 aromatic rings. The summed E-state index contributed by atoms with van der Waals surface area (Å²) in [5.41, 5.74) is 0.485. The zero-order valence-electron chi connectivity index (χ0n) is 15.0. The van der Waals surface area contributed by atoms with Gasteiger partial charge in [0.15, 0.2) is 0 Å². The summed E-state index contributed by atoms with van der Waals surface area (Å²) < 4.78 is 0. The molecule has 0 unspecified atom stereocenters. The minimum atomic E-state index is 0.485. The summed E-state index contributed by atoms with van der Waals surface area (Å²) in [4.78, 5) is 2.83. The molecule has 0 aromatic carbocycles. The maximum absolute atomic E-state index is 3.74. The van der Waals surface area contributed by atoms with Crippen LogP contribution in [0.25, 0.3) is 0 Å². The summed E-state index contributed by atoms with van der Waals surface area (Å²) >= 11 is 0. The van der Waals surface area contributed by atoms with Gasteiger partial charge in [-0.2, -0.15) is 0 Å². The van der Waals surface area contributed by atoms with Crippen molar-refractivity contribution in [2.45, 2.75) is 66.2 Å². The molecular weight excluding hydrogens is 256 g/mol. The van der Waals surface area contributed by atoms with Crippen molar-refractivity contribution in [3.05, 3.63) is 0 Å². The van der Waals surface area contributed by atoms with Gasteiger partial charge in [-0.25, -0.2) is 0 Å². The van der Waals surface area contributed by atoms with Crippen molar-refractivity contribution in [3.63, 3.8) is 0 Å². The third-order valence-corrected chi connectivity index (χ3v) is 5.54. The van der Waals surface area contributed by atoms with Crippen LogP contribution < -0.4 is 5.32 Å². The lowest BCUT2D eigenvalue weighted by Gasteiger charge is -2.38. The zero-order chi connectivity index (χ0) is 15.3. The van der Waals surface area contributed by atoms with Gasteiger partial charge in [-0.3, -0.25) is 0 Å². The van der Waals surface area contributed by atoms with Crippen molar-refractivity contribution in [1.82, 2.24) is 10.2 Å². The van der Waals surface area contributed by atoms with Crippen LogP contribution in [0.5, 0.6) is 0 Å². The van der Waals surface area contributed by atoms with E-state index in [0.717, 1.165) is 24.3 Å². The molecule has 2 saturated carbocycles. The summed E-state index contributed by atoms with van der Waals surface area (Å²) in [6.07, 6.45) is 8.55. The van der Waals surface area contributed by atoms with Gasteiger partial charge >= 0.3 is 0 Å². The maximum Gasteiger partial charge on any atom is 0.00502 e. The molecule has 21 heavy (non-hydrogen) atoms.